The molecule has 1 aromatic heterocycles. The van der Waals surface area contributed by atoms with Gasteiger partial charge in [-0.2, -0.15) is 0 Å². The quantitative estimate of drug-likeness (QED) is 0.582. The Bertz CT molecular complexity index is 306. The van der Waals surface area contributed by atoms with Gasteiger partial charge in [0.25, 0.3) is 5.91 Å². The Morgan fingerprint density at radius 3 is 3.06 bits per heavy atom. The highest BCUT2D eigenvalue weighted by Crippen LogP contribution is 1.94. The molecule has 16 heavy (non-hydrogen) atoms. The number of aromatic nitrogens is 1. The van der Waals surface area contributed by atoms with Crippen molar-refractivity contribution in [2.45, 2.75) is 6.42 Å². The Balaban J connectivity index is 2.12. The molecule has 0 saturated heterocycles. The van der Waals surface area contributed by atoms with E-state index in [1.807, 2.05) is 0 Å². The molecule has 0 aromatic carbocycles. The van der Waals surface area contributed by atoms with E-state index in [9.17, 15) is 4.79 Å². The van der Waals surface area contributed by atoms with Crippen LogP contribution in [0.25, 0.3) is 0 Å². The molecule has 0 aliphatic heterocycles. The molecule has 88 valence electrons. The fourth-order valence-corrected chi connectivity index (χ4v) is 1.24. The van der Waals surface area contributed by atoms with E-state index < -0.39 is 0 Å². The van der Waals surface area contributed by atoms with E-state index in [0.717, 1.165) is 6.42 Å². The molecule has 0 unspecified atom stereocenters. The molecule has 5 heteroatoms. The van der Waals surface area contributed by atoms with Crippen molar-refractivity contribution in [2.75, 3.05) is 25.6 Å². The predicted octanol–water partition coefficient (Wildman–Crippen LogP) is 1.46. The third-order valence-corrected chi connectivity index (χ3v) is 2.05. The molecule has 1 rings (SSSR count). The molecule has 0 radical (unpaired) electrons. The SMILES string of the molecule is O=C(NCCCOCCCl)c1cccnc1. The van der Waals surface area contributed by atoms with Gasteiger partial charge in [-0.3, -0.25) is 9.78 Å². The topological polar surface area (TPSA) is 51.2 Å². The largest absolute Gasteiger partial charge is 0.380 e. The lowest BCUT2D eigenvalue weighted by molar-refractivity contribution is 0.0944. The van der Waals surface area contributed by atoms with Crippen LogP contribution in [0, 0.1) is 0 Å². The highest BCUT2D eigenvalue weighted by Gasteiger charge is 2.02. The number of pyridine rings is 1. The number of hydrogen-bond donors (Lipinski definition) is 1. The zero-order valence-corrected chi connectivity index (χ0v) is 9.74. The average Bonchev–Trinajstić information content (AvgIpc) is 2.34. The van der Waals surface area contributed by atoms with Gasteiger partial charge in [0.2, 0.25) is 0 Å². The van der Waals surface area contributed by atoms with Gasteiger partial charge in [-0.05, 0) is 18.6 Å². The van der Waals surface area contributed by atoms with Crippen LogP contribution in [0.1, 0.15) is 16.8 Å². The molecule has 4 nitrogen and oxygen atoms in total. The van der Waals surface area contributed by atoms with E-state index in [1.165, 1.54) is 0 Å². The lowest BCUT2D eigenvalue weighted by atomic mass is 10.2. The number of amides is 1. The minimum Gasteiger partial charge on any atom is -0.380 e. The van der Waals surface area contributed by atoms with Gasteiger partial charge in [0, 0.05) is 31.4 Å². The minimum atomic E-state index is -0.106. The summed E-state index contributed by atoms with van der Waals surface area (Å²) in [6.07, 6.45) is 3.96. The van der Waals surface area contributed by atoms with E-state index in [4.69, 9.17) is 16.3 Å². The average molecular weight is 243 g/mol. The first-order valence-corrected chi connectivity index (χ1v) is 5.70. The molecule has 1 heterocycles. The van der Waals surface area contributed by atoms with Crippen LogP contribution in [0.3, 0.4) is 0 Å². The highest BCUT2D eigenvalue weighted by atomic mass is 35.5. The summed E-state index contributed by atoms with van der Waals surface area (Å²) in [4.78, 5) is 15.4. The van der Waals surface area contributed by atoms with Gasteiger partial charge in [0.05, 0.1) is 12.2 Å². The summed E-state index contributed by atoms with van der Waals surface area (Å²) in [5.41, 5.74) is 0.573. The van der Waals surface area contributed by atoms with Crippen molar-refractivity contribution in [2.24, 2.45) is 0 Å². The smallest absolute Gasteiger partial charge is 0.252 e. The number of rotatable bonds is 7. The maximum absolute atomic E-state index is 11.5. The van der Waals surface area contributed by atoms with Crippen molar-refractivity contribution in [3.8, 4) is 0 Å². The second-order valence-corrected chi connectivity index (χ2v) is 3.53. The fraction of sp³-hybridized carbons (Fsp3) is 0.455. The summed E-state index contributed by atoms with van der Waals surface area (Å²) in [5, 5.41) is 2.78. The number of nitrogens with zero attached hydrogens (tertiary/aromatic N) is 1. The molecule has 0 aliphatic rings. The van der Waals surface area contributed by atoms with Crippen LogP contribution in [0.5, 0.6) is 0 Å². The molecular formula is C11H15ClN2O2. The summed E-state index contributed by atoms with van der Waals surface area (Å²) >= 11 is 5.44. The monoisotopic (exact) mass is 242 g/mol. The summed E-state index contributed by atoms with van der Waals surface area (Å²) in [6, 6.07) is 3.46. The van der Waals surface area contributed by atoms with E-state index in [0.29, 0.717) is 31.2 Å². The summed E-state index contributed by atoms with van der Waals surface area (Å²) in [7, 11) is 0. The summed E-state index contributed by atoms with van der Waals surface area (Å²) < 4.78 is 5.17. The molecule has 1 N–H and O–H groups in total. The Morgan fingerprint density at radius 2 is 2.38 bits per heavy atom. The molecule has 1 amide bonds. The Morgan fingerprint density at radius 1 is 1.50 bits per heavy atom. The third kappa shape index (κ3) is 5.09. The van der Waals surface area contributed by atoms with Crippen molar-refractivity contribution in [3.05, 3.63) is 30.1 Å². The van der Waals surface area contributed by atoms with Crippen molar-refractivity contribution in [3.63, 3.8) is 0 Å². The van der Waals surface area contributed by atoms with Crippen LogP contribution < -0.4 is 5.32 Å². The number of alkyl halides is 1. The molecule has 1 aromatic rings. The fourth-order valence-electron chi connectivity index (χ4n) is 1.13. The molecule has 0 fully saturated rings. The second kappa shape index (κ2) is 8.07. The highest BCUT2D eigenvalue weighted by molar-refractivity contribution is 6.17. The number of hydrogen-bond acceptors (Lipinski definition) is 3. The number of carbonyl (C=O) groups excluding carboxylic acids is 1. The van der Waals surface area contributed by atoms with Crippen molar-refractivity contribution in [1.82, 2.24) is 10.3 Å². The number of ether oxygens (including phenoxy) is 1. The summed E-state index contributed by atoms with van der Waals surface area (Å²) in [6.45, 7) is 1.76. The number of halogens is 1. The normalized spacial score (nSPS) is 10.1. The van der Waals surface area contributed by atoms with Crippen molar-refractivity contribution < 1.29 is 9.53 Å². The minimum absolute atomic E-state index is 0.106. The standard InChI is InChI=1S/C11H15ClN2O2/c12-4-8-16-7-2-6-14-11(15)10-3-1-5-13-9-10/h1,3,5,9H,2,4,6-8H2,(H,14,15). The first-order chi connectivity index (χ1) is 7.84. The van der Waals surface area contributed by atoms with Gasteiger partial charge in [-0.1, -0.05) is 0 Å². The molecule has 0 aliphatic carbocycles. The van der Waals surface area contributed by atoms with E-state index in [2.05, 4.69) is 10.3 Å². The molecule has 0 atom stereocenters. The predicted molar refractivity (Wildman–Crippen MR) is 62.7 cm³/mol. The maximum Gasteiger partial charge on any atom is 0.252 e. The van der Waals surface area contributed by atoms with Gasteiger partial charge in [-0.15, -0.1) is 11.6 Å². The van der Waals surface area contributed by atoms with E-state index in [1.54, 1.807) is 24.5 Å². The number of nitrogens with one attached hydrogen (secondary N) is 1. The van der Waals surface area contributed by atoms with Crippen molar-refractivity contribution >= 4 is 17.5 Å². The van der Waals surface area contributed by atoms with Crippen LogP contribution in [0.4, 0.5) is 0 Å². The second-order valence-electron chi connectivity index (χ2n) is 3.15. The third-order valence-electron chi connectivity index (χ3n) is 1.90. The van der Waals surface area contributed by atoms with Crippen LogP contribution in [-0.2, 0) is 4.74 Å². The van der Waals surface area contributed by atoms with E-state index >= 15 is 0 Å². The molecule has 0 spiro atoms. The first kappa shape index (κ1) is 12.9. The number of carbonyl (C=O) groups is 1. The zero-order chi connectivity index (χ0) is 11.6. The summed E-state index contributed by atoms with van der Waals surface area (Å²) in [5.74, 6) is 0.396. The van der Waals surface area contributed by atoms with Gasteiger partial charge in [0.15, 0.2) is 0 Å². The van der Waals surface area contributed by atoms with Gasteiger partial charge < -0.3 is 10.1 Å². The van der Waals surface area contributed by atoms with Crippen LogP contribution >= 0.6 is 11.6 Å². The Kier molecular flexibility index (Phi) is 6.53. The van der Waals surface area contributed by atoms with Gasteiger partial charge in [-0.25, -0.2) is 0 Å². The molecular weight excluding hydrogens is 228 g/mol. The maximum atomic E-state index is 11.5. The molecule has 0 bridgehead atoms. The Labute approximate surface area is 100.0 Å². The van der Waals surface area contributed by atoms with Gasteiger partial charge >= 0.3 is 0 Å². The first-order valence-electron chi connectivity index (χ1n) is 5.16. The lowest BCUT2D eigenvalue weighted by Crippen LogP contribution is -2.25. The van der Waals surface area contributed by atoms with E-state index in [-0.39, 0.29) is 5.91 Å². The van der Waals surface area contributed by atoms with Crippen molar-refractivity contribution in [1.29, 1.82) is 0 Å². The molecule has 0 saturated carbocycles. The van der Waals surface area contributed by atoms with Crippen LogP contribution in [0.15, 0.2) is 24.5 Å². The zero-order valence-electron chi connectivity index (χ0n) is 8.99. The Hall–Kier alpha value is -1.13. The van der Waals surface area contributed by atoms with Gasteiger partial charge in [0.1, 0.15) is 0 Å². The lowest BCUT2D eigenvalue weighted by Gasteiger charge is -2.05. The van der Waals surface area contributed by atoms with Crippen LogP contribution in [0.2, 0.25) is 0 Å². The van der Waals surface area contributed by atoms with Crippen LogP contribution in [-0.4, -0.2) is 36.5 Å².